The van der Waals surface area contributed by atoms with Crippen LogP contribution in [0.15, 0.2) is 36.4 Å². The van der Waals surface area contributed by atoms with Gasteiger partial charge in [-0.1, -0.05) is 13.8 Å². The van der Waals surface area contributed by atoms with Crippen molar-refractivity contribution in [2.45, 2.75) is 19.8 Å². The Labute approximate surface area is 182 Å². The lowest BCUT2D eigenvalue weighted by Crippen LogP contribution is -2.29. The predicted molar refractivity (Wildman–Crippen MR) is 122 cm³/mol. The number of H-pyrrole nitrogens is 1. The molecule has 1 N–H and O–H groups in total. The first-order valence-corrected chi connectivity index (χ1v) is 11.5. The molecule has 0 amide bonds. The minimum absolute atomic E-state index is 0.254. The van der Waals surface area contributed by atoms with Crippen molar-refractivity contribution < 1.29 is 12.8 Å². The zero-order chi connectivity index (χ0) is 21.1. The van der Waals surface area contributed by atoms with Crippen LogP contribution in [-0.4, -0.2) is 41.0 Å². The molecule has 2 aromatic carbocycles. The summed E-state index contributed by atoms with van der Waals surface area (Å²) < 4.78 is 42.7. The lowest BCUT2D eigenvalue weighted by Gasteiger charge is -2.12. The summed E-state index contributed by atoms with van der Waals surface area (Å²) in [7, 11) is -0.828. The molecule has 0 aliphatic carbocycles. The third-order valence-corrected chi connectivity index (χ3v) is 7.70. The van der Waals surface area contributed by atoms with Gasteiger partial charge >= 0.3 is 10.2 Å². The monoisotopic (exact) mass is 526 g/mol. The fourth-order valence-corrected chi connectivity index (χ4v) is 5.42. The first-order chi connectivity index (χ1) is 13.6. The molecule has 0 aliphatic rings. The Hall–Kier alpha value is -1.98. The van der Waals surface area contributed by atoms with Gasteiger partial charge < -0.3 is 0 Å². The number of rotatable bonds is 4. The van der Waals surface area contributed by atoms with E-state index in [1.807, 2.05) is 12.1 Å². The summed E-state index contributed by atoms with van der Waals surface area (Å²) in [6, 6.07) is 9.71. The standard InChI is InChI=1S/C20H20FIN4O2S/c1-11(2)19-18(22)14-10-17-15(9-16(14)23-19)20(12-5-7-13(21)8-6-12)24-26(17)29(27,28)25(3)4/h5-11,24H,1-4H3. The molecule has 0 saturated heterocycles. The van der Waals surface area contributed by atoms with Crippen molar-refractivity contribution in [1.29, 1.82) is 0 Å². The van der Waals surface area contributed by atoms with E-state index < -0.39 is 10.2 Å². The third-order valence-electron chi connectivity index (χ3n) is 4.89. The molecular weight excluding hydrogens is 506 g/mol. The SMILES string of the molecule is CC(C)c1nc2cc3c(-c4ccc(F)cc4)[nH]n(S(=O)(=O)N(C)C)c3cc2c1I. The smallest absolute Gasteiger partial charge is 0.282 e. The number of aromatic nitrogens is 3. The summed E-state index contributed by atoms with van der Waals surface area (Å²) in [6.07, 6.45) is 0. The fraction of sp³-hybridized carbons (Fsp3) is 0.250. The van der Waals surface area contributed by atoms with Crippen LogP contribution in [0.5, 0.6) is 0 Å². The second-order valence-corrected chi connectivity index (χ2v) is 10.5. The van der Waals surface area contributed by atoms with Gasteiger partial charge in [0.15, 0.2) is 0 Å². The van der Waals surface area contributed by atoms with Crippen LogP contribution < -0.4 is 0 Å². The molecule has 0 saturated carbocycles. The Morgan fingerprint density at radius 2 is 1.79 bits per heavy atom. The van der Waals surface area contributed by atoms with Gasteiger partial charge in [0.1, 0.15) is 5.82 Å². The molecule has 0 aliphatic heterocycles. The second-order valence-electron chi connectivity index (χ2n) is 7.40. The lowest BCUT2D eigenvalue weighted by molar-refractivity contribution is 0.506. The largest absolute Gasteiger partial charge is 0.321 e. The highest BCUT2D eigenvalue weighted by Gasteiger charge is 2.24. The minimum atomic E-state index is -3.79. The topological polar surface area (TPSA) is 71.0 Å². The van der Waals surface area contributed by atoms with Gasteiger partial charge in [0.25, 0.3) is 0 Å². The average molecular weight is 526 g/mol. The number of benzene rings is 2. The molecule has 2 heterocycles. The van der Waals surface area contributed by atoms with Gasteiger partial charge in [-0.05, 0) is 64.9 Å². The summed E-state index contributed by atoms with van der Waals surface area (Å²) in [4.78, 5) is 4.77. The van der Waals surface area contributed by atoms with E-state index in [1.54, 1.807) is 12.1 Å². The van der Waals surface area contributed by atoms with E-state index in [1.165, 1.54) is 30.3 Å². The zero-order valence-corrected chi connectivity index (χ0v) is 19.3. The highest BCUT2D eigenvalue weighted by Crippen LogP contribution is 2.36. The maximum Gasteiger partial charge on any atom is 0.321 e. The van der Waals surface area contributed by atoms with Crippen LogP contribution in [0.1, 0.15) is 25.5 Å². The van der Waals surface area contributed by atoms with Crippen molar-refractivity contribution in [3.63, 3.8) is 0 Å². The Kier molecular flexibility index (Phi) is 4.94. The van der Waals surface area contributed by atoms with Gasteiger partial charge in [0, 0.05) is 34.0 Å². The van der Waals surface area contributed by atoms with Crippen LogP contribution in [0.2, 0.25) is 0 Å². The van der Waals surface area contributed by atoms with Crippen LogP contribution in [0.25, 0.3) is 33.1 Å². The molecule has 152 valence electrons. The third kappa shape index (κ3) is 3.24. The number of hydrogen-bond acceptors (Lipinski definition) is 3. The zero-order valence-electron chi connectivity index (χ0n) is 16.4. The summed E-state index contributed by atoms with van der Waals surface area (Å²) >= 11 is 2.27. The number of hydrogen-bond donors (Lipinski definition) is 1. The van der Waals surface area contributed by atoms with Gasteiger partial charge in [-0.25, -0.2) is 4.39 Å². The van der Waals surface area contributed by atoms with Gasteiger partial charge in [0.05, 0.1) is 22.4 Å². The predicted octanol–water partition coefficient (Wildman–Crippen LogP) is 4.71. The number of halogens is 2. The van der Waals surface area contributed by atoms with E-state index in [0.717, 1.165) is 24.5 Å². The van der Waals surface area contributed by atoms with Crippen molar-refractivity contribution in [3.05, 3.63) is 51.5 Å². The van der Waals surface area contributed by atoms with Crippen molar-refractivity contribution in [1.82, 2.24) is 18.5 Å². The van der Waals surface area contributed by atoms with E-state index in [0.29, 0.717) is 22.2 Å². The second kappa shape index (κ2) is 7.06. The Morgan fingerprint density at radius 3 is 2.38 bits per heavy atom. The van der Waals surface area contributed by atoms with Crippen molar-refractivity contribution >= 4 is 54.6 Å². The van der Waals surface area contributed by atoms with Gasteiger partial charge in [0.2, 0.25) is 0 Å². The van der Waals surface area contributed by atoms with Crippen LogP contribution in [0.3, 0.4) is 0 Å². The van der Waals surface area contributed by atoms with Crippen LogP contribution in [0.4, 0.5) is 4.39 Å². The molecule has 0 fully saturated rings. The molecule has 0 atom stereocenters. The molecule has 2 aromatic heterocycles. The molecule has 29 heavy (non-hydrogen) atoms. The first-order valence-electron chi connectivity index (χ1n) is 9.03. The molecule has 4 rings (SSSR count). The normalized spacial score (nSPS) is 12.7. The van der Waals surface area contributed by atoms with Gasteiger partial charge in [-0.15, -0.1) is 0 Å². The summed E-state index contributed by atoms with van der Waals surface area (Å²) in [5.41, 5.74) is 3.60. The highest BCUT2D eigenvalue weighted by molar-refractivity contribution is 14.1. The highest BCUT2D eigenvalue weighted by atomic mass is 127. The van der Waals surface area contributed by atoms with E-state index in [2.05, 4.69) is 41.5 Å². The lowest BCUT2D eigenvalue weighted by atomic mass is 10.1. The summed E-state index contributed by atoms with van der Waals surface area (Å²) in [5.74, 6) is -0.0981. The van der Waals surface area contributed by atoms with Gasteiger partial charge in [-0.3, -0.25) is 10.1 Å². The van der Waals surface area contributed by atoms with Crippen molar-refractivity contribution in [2.75, 3.05) is 14.1 Å². The molecule has 6 nitrogen and oxygen atoms in total. The van der Waals surface area contributed by atoms with Crippen molar-refractivity contribution in [2.24, 2.45) is 0 Å². The van der Waals surface area contributed by atoms with E-state index in [4.69, 9.17) is 4.98 Å². The summed E-state index contributed by atoms with van der Waals surface area (Å²) in [5, 5.41) is 4.62. The molecule has 9 heteroatoms. The van der Waals surface area contributed by atoms with Gasteiger partial charge in [-0.2, -0.15) is 16.8 Å². The van der Waals surface area contributed by atoms with Crippen LogP contribution in [-0.2, 0) is 10.2 Å². The molecule has 0 bridgehead atoms. The Balaban J connectivity index is 2.12. The average Bonchev–Trinajstić information content (AvgIpc) is 3.19. The Bertz CT molecular complexity index is 1340. The minimum Gasteiger partial charge on any atom is -0.282 e. The molecule has 0 radical (unpaired) electrons. The maximum atomic E-state index is 13.4. The van der Waals surface area contributed by atoms with Crippen LogP contribution in [0, 0.1) is 9.39 Å². The number of nitrogens with one attached hydrogen (secondary N) is 1. The Morgan fingerprint density at radius 1 is 1.14 bits per heavy atom. The quantitative estimate of drug-likeness (QED) is 0.392. The molecule has 4 aromatic rings. The van der Waals surface area contributed by atoms with Crippen molar-refractivity contribution in [3.8, 4) is 11.3 Å². The van der Waals surface area contributed by atoms with Crippen LogP contribution >= 0.6 is 22.6 Å². The maximum absolute atomic E-state index is 13.4. The number of nitrogens with zero attached hydrogens (tertiary/aromatic N) is 3. The molecule has 0 unspecified atom stereocenters. The fourth-order valence-electron chi connectivity index (χ4n) is 3.32. The van der Waals surface area contributed by atoms with E-state index in [9.17, 15) is 12.8 Å². The first kappa shape index (κ1) is 20.3. The molecular formula is C20H20FIN4O2S. The number of fused-ring (bicyclic) bond motifs is 2. The molecule has 0 spiro atoms. The van der Waals surface area contributed by atoms with E-state index in [-0.39, 0.29) is 11.7 Å². The number of aromatic amines is 1. The summed E-state index contributed by atoms with van der Waals surface area (Å²) in [6.45, 7) is 4.16. The van der Waals surface area contributed by atoms with E-state index >= 15 is 0 Å².